The standard InChI is InChI=1S/C28H27BrFNO4/c1-2-34-24-14-17(13-18(29)28(24)35-15-16-7-3-4-8-19(16)30)25-26-20(9-5-11-22(26)32)31-21-10-6-12-23(33)27(21)25/h3-4,7-8,13-14,25,31H,2,5-6,9-12,15H2,1H3. The third-order valence-corrected chi connectivity index (χ3v) is 7.38. The highest BCUT2D eigenvalue weighted by molar-refractivity contribution is 9.10. The molecule has 7 heteroatoms. The predicted octanol–water partition coefficient (Wildman–Crippen LogP) is 6.27. The van der Waals surface area contributed by atoms with E-state index in [1.54, 1.807) is 18.2 Å². The maximum atomic E-state index is 14.1. The van der Waals surface area contributed by atoms with Gasteiger partial charge in [0.1, 0.15) is 12.4 Å². The molecule has 1 N–H and O–H groups in total. The molecule has 0 bridgehead atoms. The molecular formula is C28H27BrFNO4. The van der Waals surface area contributed by atoms with Crippen LogP contribution in [0.4, 0.5) is 4.39 Å². The van der Waals surface area contributed by atoms with Crippen molar-refractivity contribution < 1.29 is 23.5 Å². The molecule has 2 aromatic carbocycles. The average molecular weight is 540 g/mol. The molecule has 0 unspecified atom stereocenters. The number of hydrogen-bond acceptors (Lipinski definition) is 5. The summed E-state index contributed by atoms with van der Waals surface area (Å²) in [5.41, 5.74) is 4.52. The quantitative estimate of drug-likeness (QED) is 0.468. The van der Waals surface area contributed by atoms with Gasteiger partial charge < -0.3 is 14.8 Å². The molecule has 1 aliphatic heterocycles. The fourth-order valence-electron chi connectivity index (χ4n) is 5.24. The van der Waals surface area contributed by atoms with Crippen LogP contribution in [0.15, 0.2) is 63.4 Å². The van der Waals surface area contributed by atoms with Gasteiger partial charge >= 0.3 is 0 Å². The summed E-state index contributed by atoms with van der Waals surface area (Å²) in [4.78, 5) is 26.2. The number of hydrogen-bond donors (Lipinski definition) is 1. The van der Waals surface area contributed by atoms with Crippen molar-refractivity contribution in [1.82, 2.24) is 5.32 Å². The predicted molar refractivity (Wildman–Crippen MR) is 134 cm³/mol. The molecule has 0 aromatic heterocycles. The van der Waals surface area contributed by atoms with E-state index in [9.17, 15) is 14.0 Å². The molecule has 0 saturated heterocycles. The first-order valence-electron chi connectivity index (χ1n) is 12.1. The van der Waals surface area contributed by atoms with Gasteiger partial charge in [-0.15, -0.1) is 0 Å². The van der Waals surface area contributed by atoms with Crippen LogP contribution in [0.2, 0.25) is 0 Å². The number of carbonyl (C=O) groups is 2. The first-order chi connectivity index (χ1) is 17.0. The molecule has 0 amide bonds. The van der Waals surface area contributed by atoms with Crippen LogP contribution in [0.1, 0.15) is 62.5 Å². The van der Waals surface area contributed by atoms with E-state index in [0.717, 1.165) is 42.6 Å². The Hall–Kier alpha value is -2.93. The van der Waals surface area contributed by atoms with Gasteiger partial charge in [0.15, 0.2) is 23.1 Å². The highest BCUT2D eigenvalue weighted by atomic mass is 79.9. The van der Waals surface area contributed by atoms with Crippen LogP contribution >= 0.6 is 15.9 Å². The summed E-state index contributed by atoms with van der Waals surface area (Å²) in [6.45, 7) is 2.32. The van der Waals surface area contributed by atoms with E-state index in [-0.39, 0.29) is 24.0 Å². The van der Waals surface area contributed by atoms with Crippen molar-refractivity contribution in [3.05, 3.63) is 80.4 Å². The van der Waals surface area contributed by atoms with E-state index in [4.69, 9.17) is 9.47 Å². The Kier molecular flexibility index (Phi) is 6.78. The molecule has 0 fully saturated rings. The molecule has 2 aliphatic carbocycles. The Morgan fingerprint density at radius 1 is 0.971 bits per heavy atom. The molecule has 2 aromatic rings. The van der Waals surface area contributed by atoms with Crippen LogP contribution in [-0.4, -0.2) is 18.2 Å². The smallest absolute Gasteiger partial charge is 0.175 e. The summed E-state index contributed by atoms with van der Waals surface area (Å²) in [5.74, 6) is 0.352. The average Bonchev–Trinajstić information content (AvgIpc) is 2.84. The van der Waals surface area contributed by atoms with E-state index in [2.05, 4.69) is 21.2 Å². The van der Waals surface area contributed by atoms with Gasteiger partial charge in [-0.05, 0) is 72.3 Å². The zero-order chi connectivity index (χ0) is 24.5. The molecule has 1 heterocycles. The molecule has 5 rings (SSSR count). The third-order valence-electron chi connectivity index (χ3n) is 6.79. The number of allylic oxidation sites excluding steroid dienone is 4. The summed E-state index contributed by atoms with van der Waals surface area (Å²) < 4.78 is 26.7. The minimum absolute atomic E-state index is 0.0413. The van der Waals surface area contributed by atoms with Gasteiger partial charge in [0.05, 0.1) is 11.1 Å². The lowest BCUT2D eigenvalue weighted by atomic mass is 9.71. The number of Topliss-reactive ketones (excluding diaryl/α,β-unsaturated/α-hetero) is 2. The summed E-state index contributed by atoms with van der Waals surface area (Å²) in [6, 6.07) is 10.2. The van der Waals surface area contributed by atoms with E-state index < -0.39 is 5.92 Å². The van der Waals surface area contributed by atoms with Gasteiger partial charge in [-0.1, -0.05) is 18.2 Å². The zero-order valence-electron chi connectivity index (χ0n) is 19.6. The number of nitrogens with one attached hydrogen (secondary N) is 1. The molecule has 0 spiro atoms. The second-order valence-electron chi connectivity index (χ2n) is 9.04. The minimum Gasteiger partial charge on any atom is -0.490 e. The molecule has 0 atom stereocenters. The minimum atomic E-state index is -0.432. The molecule has 35 heavy (non-hydrogen) atoms. The third kappa shape index (κ3) is 4.54. The van der Waals surface area contributed by atoms with Crippen molar-refractivity contribution in [1.29, 1.82) is 0 Å². The second-order valence-corrected chi connectivity index (χ2v) is 9.89. The summed E-state index contributed by atoms with van der Waals surface area (Å²) in [5, 5.41) is 3.44. The lowest BCUT2D eigenvalue weighted by Crippen LogP contribution is -2.36. The van der Waals surface area contributed by atoms with Gasteiger partial charge in [-0.2, -0.15) is 0 Å². The fourth-order valence-corrected chi connectivity index (χ4v) is 5.81. The van der Waals surface area contributed by atoms with Crippen LogP contribution in [0, 0.1) is 5.82 Å². The Morgan fingerprint density at radius 2 is 1.63 bits per heavy atom. The fraction of sp³-hybridized carbons (Fsp3) is 0.357. The van der Waals surface area contributed by atoms with Crippen molar-refractivity contribution in [3.63, 3.8) is 0 Å². The van der Waals surface area contributed by atoms with E-state index in [1.807, 2.05) is 19.1 Å². The largest absolute Gasteiger partial charge is 0.490 e. The molecular weight excluding hydrogens is 513 g/mol. The SMILES string of the molecule is CCOc1cc(C2C3=C(CCCC3=O)NC3=C2C(=O)CCC3)cc(Br)c1OCc1ccccc1F. The second kappa shape index (κ2) is 9.97. The molecule has 182 valence electrons. The lowest BCUT2D eigenvalue weighted by Gasteiger charge is -2.37. The summed E-state index contributed by atoms with van der Waals surface area (Å²) >= 11 is 3.62. The number of carbonyl (C=O) groups excluding carboxylic acids is 2. The van der Waals surface area contributed by atoms with E-state index in [1.165, 1.54) is 6.07 Å². The summed E-state index contributed by atoms with van der Waals surface area (Å²) in [7, 11) is 0. The first-order valence-corrected chi connectivity index (χ1v) is 12.9. The number of ether oxygens (including phenoxy) is 2. The van der Waals surface area contributed by atoms with Gasteiger partial charge in [0, 0.05) is 46.9 Å². The number of ketones is 2. The maximum Gasteiger partial charge on any atom is 0.175 e. The van der Waals surface area contributed by atoms with E-state index in [0.29, 0.717) is 52.1 Å². The molecule has 3 aliphatic rings. The van der Waals surface area contributed by atoms with Crippen molar-refractivity contribution in [2.24, 2.45) is 0 Å². The van der Waals surface area contributed by atoms with Gasteiger partial charge in [-0.3, -0.25) is 9.59 Å². The molecule has 5 nitrogen and oxygen atoms in total. The number of rotatable bonds is 6. The van der Waals surface area contributed by atoms with Crippen LogP contribution in [0.3, 0.4) is 0 Å². The van der Waals surface area contributed by atoms with Crippen molar-refractivity contribution in [3.8, 4) is 11.5 Å². The molecule has 0 saturated carbocycles. The normalized spacial score (nSPS) is 18.3. The Bertz CT molecular complexity index is 1220. The van der Waals surface area contributed by atoms with Crippen LogP contribution in [-0.2, 0) is 16.2 Å². The van der Waals surface area contributed by atoms with Crippen molar-refractivity contribution in [2.75, 3.05) is 6.61 Å². The first kappa shape index (κ1) is 23.8. The lowest BCUT2D eigenvalue weighted by molar-refractivity contribution is -0.117. The van der Waals surface area contributed by atoms with Gasteiger partial charge in [-0.25, -0.2) is 4.39 Å². The Balaban J connectivity index is 1.58. The Morgan fingerprint density at radius 3 is 2.26 bits per heavy atom. The topological polar surface area (TPSA) is 64.6 Å². The number of benzene rings is 2. The monoisotopic (exact) mass is 539 g/mol. The van der Waals surface area contributed by atoms with Crippen LogP contribution in [0.5, 0.6) is 11.5 Å². The molecule has 0 radical (unpaired) electrons. The maximum absolute atomic E-state index is 14.1. The van der Waals surface area contributed by atoms with Crippen molar-refractivity contribution in [2.45, 2.75) is 58.0 Å². The number of halogens is 2. The number of dihydropyridines is 1. The summed E-state index contributed by atoms with van der Waals surface area (Å²) in [6.07, 6.45) is 4.18. The highest BCUT2D eigenvalue weighted by Gasteiger charge is 2.40. The Labute approximate surface area is 212 Å². The van der Waals surface area contributed by atoms with E-state index >= 15 is 0 Å². The van der Waals surface area contributed by atoms with Gasteiger partial charge in [0.2, 0.25) is 0 Å². The van der Waals surface area contributed by atoms with Crippen LogP contribution < -0.4 is 14.8 Å². The highest BCUT2D eigenvalue weighted by Crippen LogP contribution is 2.48. The van der Waals surface area contributed by atoms with Crippen molar-refractivity contribution >= 4 is 27.5 Å². The zero-order valence-corrected chi connectivity index (χ0v) is 21.2. The van der Waals surface area contributed by atoms with Crippen LogP contribution in [0.25, 0.3) is 0 Å². The van der Waals surface area contributed by atoms with Gasteiger partial charge in [0.25, 0.3) is 0 Å².